The Bertz CT molecular complexity index is 628. The molecule has 106 valence electrons. The number of nitrogens with zero attached hydrogens (tertiary/aromatic N) is 1. The second kappa shape index (κ2) is 6.95. The molecule has 2 aromatic rings. The van der Waals surface area contributed by atoms with E-state index in [4.69, 9.17) is 34.1 Å². The zero-order valence-corrected chi connectivity index (χ0v) is 12.8. The number of nitrogens with one attached hydrogen (secondary N) is 1. The molecule has 0 saturated carbocycles. The Labute approximate surface area is 130 Å². The van der Waals surface area contributed by atoms with E-state index in [1.165, 1.54) is 4.88 Å². The van der Waals surface area contributed by atoms with Crippen LogP contribution in [0.15, 0.2) is 35.5 Å². The smallest absolute Gasteiger partial charge is 0.170 e. The van der Waals surface area contributed by atoms with Gasteiger partial charge >= 0.3 is 0 Å². The average Bonchev–Trinajstić information content (AvgIpc) is 2.85. The first kappa shape index (κ1) is 15.1. The van der Waals surface area contributed by atoms with Crippen LogP contribution < -0.4 is 11.1 Å². The Balaban J connectivity index is 1.96. The maximum absolute atomic E-state index is 8.62. The Hall–Kier alpha value is -1.27. The molecule has 0 fully saturated rings. The fourth-order valence-corrected chi connectivity index (χ4v) is 2.98. The van der Waals surface area contributed by atoms with E-state index in [2.05, 4.69) is 10.5 Å². The summed E-state index contributed by atoms with van der Waals surface area (Å²) >= 11 is 13.6. The molecule has 20 heavy (non-hydrogen) atoms. The second-order valence-corrected chi connectivity index (χ2v) is 6.31. The summed E-state index contributed by atoms with van der Waals surface area (Å²) in [6.45, 7) is 1.36. The summed E-state index contributed by atoms with van der Waals surface area (Å²) in [6.07, 6.45) is 0. The van der Waals surface area contributed by atoms with Crippen LogP contribution in [-0.4, -0.2) is 11.0 Å². The monoisotopic (exact) mass is 329 g/mol. The average molecular weight is 330 g/mol. The van der Waals surface area contributed by atoms with Crippen molar-refractivity contribution in [1.82, 2.24) is 5.32 Å². The van der Waals surface area contributed by atoms with Crippen LogP contribution in [0.1, 0.15) is 16.0 Å². The summed E-state index contributed by atoms with van der Waals surface area (Å²) in [4.78, 5) is 1.17. The van der Waals surface area contributed by atoms with E-state index in [0.717, 1.165) is 16.4 Å². The van der Waals surface area contributed by atoms with Crippen molar-refractivity contribution in [2.75, 3.05) is 0 Å². The van der Waals surface area contributed by atoms with Gasteiger partial charge in [0.05, 0.1) is 4.34 Å². The van der Waals surface area contributed by atoms with E-state index in [1.54, 1.807) is 23.5 Å². The topological polar surface area (TPSA) is 70.6 Å². The van der Waals surface area contributed by atoms with Crippen molar-refractivity contribution in [3.05, 3.63) is 55.7 Å². The van der Waals surface area contributed by atoms with Gasteiger partial charge in [0.15, 0.2) is 5.84 Å². The van der Waals surface area contributed by atoms with Gasteiger partial charge in [-0.15, -0.1) is 11.3 Å². The number of thiophene rings is 1. The van der Waals surface area contributed by atoms with Crippen LogP contribution in [-0.2, 0) is 13.1 Å². The minimum absolute atomic E-state index is 0.0413. The zero-order chi connectivity index (χ0) is 14.5. The summed E-state index contributed by atoms with van der Waals surface area (Å²) in [6, 6.07) is 9.16. The van der Waals surface area contributed by atoms with Gasteiger partial charge in [-0.2, -0.15) is 0 Å². The number of hydrogen-bond donors (Lipinski definition) is 3. The van der Waals surface area contributed by atoms with E-state index in [0.29, 0.717) is 17.1 Å². The Kier molecular flexibility index (Phi) is 5.25. The van der Waals surface area contributed by atoms with E-state index in [1.807, 2.05) is 18.2 Å². The zero-order valence-electron chi connectivity index (χ0n) is 10.4. The fourth-order valence-electron chi connectivity index (χ4n) is 1.67. The second-order valence-electron chi connectivity index (χ2n) is 4.10. The lowest BCUT2D eigenvalue weighted by Gasteiger charge is -2.07. The summed E-state index contributed by atoms with van der Waals surface area (Å²) in [7, 11) is 0. The maximum atomic E-state index is 8.62. The molecule has 0 radical (unpaired) electrons. The molecule has 4 N–H and O–H groups in total. The molecule has 0 aliphatic carbocycles. The SMILES string of the molecule is N/C(=N/O)c1ccc(CNCc2ccc(Cl)s2)c(Cl)c1. The third-order valence-electron chi connectivity index (χ3n) is 2.70. The molecule has 1 aromatic carbocycles. The van der Waals surface area contributed by atoms with E-state index in [-0.39, 0.29) is 5.84 Å². The molecule has 0 aliphatic heterocycles. The Morgan fingerprint density at radius 3 is 2.65 bits per heavy atom. The predicted octanol–water partition coefficient (Wildman–Crippen LogP) is 3.44. The molecule has 0 unspecified atom stereocenters. The van der Waals surface area contributed by atoms with E-state index >= 15 is 0 Å². The van der Waals surface area contributed by atoms with Crippen molar-refractivity contribution in [2.45, 2.75) is 13.1 Å². The summed E-state index contributed by atoms with van der Waals surface area (Å²) < 4.78 is 0.781. The molecule has 1 aromatic heterocycles. The first-order valence-electron chi connectivity index (χ1n) is 5.81. The molecule has 1 heterocycles. The van der Waals surface area contributed by atoms with Gasteiger partial charge in [0, 0.05) is 28.6 Å². The molecule has 0 aliphatic rings. The Morgan fingerprint density at radius 2 is 2.05 bits per heavy atom. The molecule has 0 saturated heterocycles. The number of nitrogens with two attached hydrogens (primary N) is 1. The van der Waals surface area contributed by atoms with Crippen molar-refractivity contribution in [1.29, 1.82) is 0 Å². The normalized spacial score (nSPS) is 11.8. The highest BCUT2D eigenvalue weighted by Crippen LogP contribution is 2.22. The lowest BCUT2D eigenvalue weighted by Crippen LogP contribution is -2.15. The molecule has 0 spiro atoms. The number of oxime groups is 1. The third-order valence-corrected chi connectivity index (χ3v) is 4.28. The molecule has 0 atom stereocenters. The first-order valence-corrected chi connectivity index (χ1v) is 7.38. The Morgan fingerprint density at radius 1 is 1.25 bits per heavy atom. The van der Waals surface area contributed by atoms with E-state index in [9.17, 15) is 0 Å². The molecule has 4 nitrogen and oxygen atoms in total. The predicted molar refractivity (Wildman–Crippen MR) is 83.8 cm³/mol. The molecule has 0 amide bonds. The highest BCUT2D eigenvalue weighted by atomic mass is 35.5. The van der Waals surface area contributed by atoms with Gasteiger partial charge in [0.25, 0.3) is 0 Å². The number of hydrogen-bond acceptors (Lipinski definition) is 4. The molecule has 2 rings (SSSR count). The highest BCUT2D eigenvalue weighted by molar-refractivity contribution is 7.16. The van der Waals surface area contributed by atoms with Crippen LogP contribution in [0, 0.1) is 0 Å². The van der Waals surface area contributed by atoms with Crippen LogP contribution in [0.25, 0.3) is 0 Å². The van der Waals surface area contributed by atoms with Gasteiger partial charge in [0.2, 0.25) is 0 Å². The van der Waals surface area contributed by atoms with Crippen LogP contribution in [0.4, 0.5) is 0 Å². The maximum Gasteiger partial charge on any atom is 0.170 e. The number of rotatable bonds is 5. The van der Waals surface area contributed by atoms with Crippen molar-refractivity contribution in [2.24, 2.45) is 10.9 Å². The van der Waals surface area contributed by atoms with Crippen molar-refractivity contribution < 1.29 is 5.21 Å². The summed E-state index contributed by atoms with van der Waals surface area (Å²) in [5.41, 5.74) is 7.04. The summed E-state index contributed by atoms with van der Waals surface area (Å²) in [5.74, 6) is 0.0413. The first-order chi connectivity index (χ1) is 9.60. The molecular weight excluding hydrogens is 317 g/mol. The quantitative estimate of drug-likeness (QED) is 0.340. The van der Waals surface area contributed by atoms with Gasteiger partial charge in [-0.25, -0.2) is 0 Å². The van der Waals surface area contributed by atoms with Crippen molar-refractivity contribution in [3.63, 3.8) is 0 Å². The standard InChI is InChI=1S/C13H13Cl2N3OS/c14-11-5-8(13(16)18-19)1-2-9(11)6-17-7-10-3-4-12(15)20-10/h1-5,17,19H,6-7H2,(H2,16,18). The van der Waals surface area contributed by atoms with Crippen LogP contribution in [0.3, 0.4) is 0 Å². The number of amidine groups is 1. The highest BCUT2D eigenvalue weighted by Gasteiger charge is 2.05. The van der Waals surface area contributed by atoms with Gasteiger partial charge < -0.3 is 16.3 Å². The minimum atomic E-state index is 0.0413. The van der Waals surface area contributed by atoms with Gasteiger partial charge in [-0.1, -0.05) is 40.5 Å². The van der Waals surface area contributed by atoms with Crippen LogP contribution in [0.2, 0.25) is 9.36 Å². The number of halogens is 2. The van der Waals surface area contributed by atoms with Crippen LogP contribution >= 0.6 is 34.5 Å². The third kappa shape index (κ3) is 3.86. The lowest BCUT2D eigenvalue weighted by atomic mass is 10.1. The van der Waals surface area contributed by atoms with E-state index < -0.39 is 0 Å². The number of benzene rings is 1. The molecular formula is C13H13Cl2N3OS. The molecule has 0 bridgehead atoms. The van der Waals surface area contributed by atoms with Gasteiger partial charge in [-0.3, -0.25) is 0 Å². The van der Waals surface area contributed by atoms with Gasteiger partial charge in [-0.05, 0) is 23.8 Å². The van der Waals surface area contributed by atoms with Gasteiger partial charge in [0.1, 0.15) is 0 Å². The molecule has 7 heteroatoms. The minimum Gasteiger partial charge on any atom is -0.409 e. The summed E-state index contributed by atoms with van der Waals surface area (Å²) in [5, 5.41) is 15.4. The van der Waals surface area contributed by atoms with Crippen LogP contribution in [0.5, 0.6) is 0 Å². The fraction of sp³-hybridized carbons (Fsp3) is 0.154. The largest absolute Gasteiger partial charge is 0.409 e. The lowest BCUT2D eigenvalue weighted by molar-refractivity contribution is 0.318. The van der Waals surface area contributed by atoms with Crippen molar-refractivity contribution in [3.8, 4) is 0 Å². The van der Waals surface area contributed by atoms with Crippen molar-refractivity contribution >= 4 is 40.4 Å².